The van der Waals surface area contributed by atoms with E-state index >= 15 is 0 Å². The van der Waals surface area contributed by atoms with Gasteiger partial charge in [0.25, 0.3) is 0 Å². The van der Waals surface area contributed by atoms with Crippen LogP contribution < -0.4 is 10.6 Å². The lowest BCUT2D eigenvalue weighted by molar-refractivity contribution is 0.262. The van der Waals surface area contributed by atoms with Gasteiger partial charge in [0.15, 0.2) is 0 Å². The summed E-state index contributed by atoms with van der Waals surface area (Å²) in [5.74, 6) is 0. The van der Waals surface area contributed by atoms with Crippen molar-refractivity contribution < 1.29 is 4.79 Å². The fourth-order valence-electron chi connectivity index (χ4n) is 1.87. The van der Waals surface area contributed by atoms with Crippen molar-refractivity contribution in [2.45, 2.75) is 0 Å². The number of carbonyl (C=O) groups excluding carboxylic acids is 1. The topological polar surface area (TPSA) is 84.7 Å². The summed E-state index contributed by atoms with van der Waals surface area (Å²) in [6.07, 6.45) is 1.48. The van der Waals surface area contributed by atoms with Crippen LogP contribution in [0.2, 0.25) is 5.02 Å². The quantitative estimate of drug-likeness (QED) is 0.778. The Morgan fingerprint density at radius 3 is 2.45 bits per heavy atom. The van der Waals surface area contributed by atoms with Gasteiger partial charge in [-0.2, -0.15) is 0 Å². The van der Waals surface area contributed by atoms with Crippen LogP contribution in [0.3, 0.4) is 0 Å². The van der Waals surface area contributed by atoms with Crippen molar-refractivity contribution in [2.24, 2.45) is 0 Å². The predicted octanol–water partition coefficient (Wildman–Crippen LogP) is 2.96. The van der Waals surface area contributed by atoms with Gasteiger partial charge in [-0.15, -0.1) is 5.10 Å². The number of tetrazole rings is 1. The van der Waals surface area contributed by atoms with E-state index in [1.165, 1.54) is 11.0 Å². The molecule has 0 saturated carbocycles. The molecule has 110 valence electrons. The number of anilines is 2. The van der Waals surface area contributed by atoms with Gasteiger partial charge < -0.3 is 10.6 Å². The smallest absolute Gasteiger partial charge is 0.308 e. The summed E-state index contributed by atoms with van der Waals surface area (Å²) >= 11 is 5.87. The maximum absolute atomic E-state index is 12.0. The first-order chi connectivity index (χ1) is 10.7. The van der Waals surface area contributed by atoms with Crippen molar-refractivity contribution in [3.8, 4) is 5.69 Å². The Balaban J connectivity index is 1.70. The molecule has 3 rings (SSSR count). The van der Waals surface area contributed by atoms with E-state index in [0.29, 0.717) is 16.4 Å². The van der Waals surface area contributed by atoms with Gasteiger partial charge in [-0.3, -0.25) is 0 Å². The Morgan fingerprint density at radius 2 is 1.77 bits per heavy atom. The molecule has 0 unspecified atom stereocenters. The summed E-state index contributed by atoms with van der Waals surface area (Å²) in [5, 5.41) is 16.9. The molecule has 0 bridgehead atoms. The lowest BCUT2D eigenvalue weighted by Crippen LogP contribution is -2.19. The third-order valence-corrected chi connectivity index (χ3v) is 3.04. The maximum atomic E-state index is 12.0. The zero-order chi connectivity index (χ0) is 15.4. The summed E-state index contributed by atoms with van der Waals surface area (Å²) < 4.78 is 1.50. The third-order valence-electron chi connectivity index (χ3n) is 2.80. The molecule has 0 aliphatic carbocycles. The average molecular weight is 315 g/mol. The first-order valence-corrected chi connectivity index (χ1v) is 6.75. The largest absolute Gasteiger partial charge is 0.323 e. The van der Waals surface area contributed by atoms with Crippen molar-refractivity contribution in [2.75, 3.05) is 10.6 Å². The van der Waals surface area contributed by atoms with Crippen LogP contribution in [-0.2, 0) is 0 Å². The van der Waals surface area contributed by atoms with E-state index in [1.807, 2.05) is 6.07 Å². The van der Waals surface area contributed by atoms with Crippen LogP contribution in [0.25, 0.3) is 5.69 Å². The monoisotopic (exact) mass is 314 g/mol. The van der Waals surface area contributed by atoms with E-state index < -0.39 is 0 Å². The van der Waals surface area contributed by atoms with E-state index in [0.717, 1.165) is 5.69 Å². The molecule has 22 heavy (non-hydrogen) atoms. The van der Waals surface area contributed by atoms with Crippen molar-refractivity contribution in [3.05, 3.63) is 59.9 Å². The summed E-state index contributed by atoms with van der Waals surface area (Å²) in [7, 11) is 0. The van der Waals surface area contributed by atoms with Crippen LogP contribution >= 0.6 is 11.6 Å². The Morgan fingerprint density at radius 1 is 1.05 bits per heavy atom. The second-order valence-corrected chi connectivity index (χ2v) is 4.83. The zero-order valence-electron chi connectivity index (χ0n) is 11.3. The number of carbonyl (C=O) groups is 1. The number of hydrogen-bond donors (Lipinski definition) is 2. The number of benzene rings is 2. The molecule has 0 fully saturated rings. The van der Waals surface area contributed by atoms with Gasteiger partial charge >= 0.3 is 6.03 Å². The summed E-state index contributed by atoms with van der Waals surface area (Å²) in [6.45, 7) is 0. The number of urea groups is 1. The Kier molecular flexibility index (Phi) is 3.97. The van der Waals surface area contributed by atoms with E-state index in [1.54, 1.807) is 42.5 Å². The van der Waals surface area contributed by atoms with Gasteiger partial charge in [0, 0.05) is 16.4 Å². The van der Waals surface area contributed by atoms with Gasteiger partial charge in [0.2, 0.25) is 0 Å². The van der Waals surface area contributed by atoms with Gasteiger partial charge in [0.05, 0.1) is 5.69 Å². The zero-order valence-corrected chi connectivity index (χ0v) is 12.0. The highest BCUT2D eigenvalue weighted by molar-refractivity contribution is 6.30. The molecule has 0 radical (unpaired) electrons. The molecule has 0 aliphatic heterocycles. The second kappa shape index (κ2) is 6.23. The molecule has 2 aromatic carbocycles. The number of aromatic nitrogens is 4. The highest BCUT2D eigenvalue weighted by atomic mass is 35.5. The Bertz CT molecular complexity index is 790. The van der Waals surface area contributed by atoms with Gasteiger partial charge in [-0.1, -0.05) is 23.7 Å². The number of nitrogens with zero attached hydrogens (tertiary/aromatic N) is 4. The third kappa shape index (κ3) is 3.39. The first-order valence-electron chi connectivity index (χ1n) is 6.38. The van der Waals surface area contributed by atoms with Crippen LogP contribution in [0.5, 0.6) is 0 Å². The molecule has 0 aliphatic rings. The molecule has 2 N–H and O–H groups in total. The van der Waals surface area contributed by atoms with Gasteiger partial charge in [-0.25, -0.2) is 9.48 Å². The van der Waals surface area contributed by atoms with Gasteiger partial charge in [-0.05, 0) is 46.8 Å². The SMILES string of the molecule is O=C(Nc1cccc(Cl)c1)Nc1cccc(-n2cnnn2)c1. The van der Waals surface area contributed by atoms with Crippen LogP contribution in [0, 0.1) is 0 Å². The highest BCUT2D eigenvalue weighted by Crippen LogP contribution is 2.16. The minimum atomic E-state index is -0.365. The fraction of sp³-hybridized carbons (Fsp3) is 0. The number of halogens is 1. The lowest BCUT2D eigenvalue weighted by Gasteiger charge is -2.09. The Hall–Kier alpha value is -2.93. The predicted molar refractivity (Wildman–Crippen MR) is 83.2 cm³/mol. The normalized spacial score (nSPS) is 10.2. The standard InChI is InChI=1S/C14H11ClN6O/c15-10-3-1-4-11(7-10)17-14(22)18-12-5-2-6-13(8-12)21-9-16-19-20-21/h1-9H,(H2,17,18,22). The minimum Gasteiger partial charge on any atom is -0.308 e. The summed E-state index contributed by atoms with van der Waals surface area (Å²) in [5.41, 5.74) is 1.97. The van der Waals surface area contributed by atoms with Crippen molar-refractivity contribution in [3.63, 3.8) is 0 Å². The lowest BCUT2D eigenvalue weighted by atomic mass is 10.3. The highest BCUT2D eigenvalue weighted by Gasteiger charge is 2.05. The number of nitrogens with one attached hydrogen (secondary N) is 2. The first kappa shape index (κ1) is 14.0. The van der Waals surface area contributed by atoms with Crippen LogP contribution in [0.1, 0.15) is 0 Å². The summed E-state index contributed by atoms with van der Waals surface area (Å²) in [6, 6.07) is 13.7. The molecule has 2 amide bonds. The number of amides is 2. The average Bonchev–Trinajstić information content (AvgIpc) is 3.01. The molecule has 1 heterocycles. The number of rotatable bonds is 3. The van der Waals surface area contributed by atoms with Gasteiger partial charge in [0.1, 0.15) is 6.33 Å². The Labute approximate surface area is 130 Å². The van der Waals surface area contributed by atoms with E-state index in [9.17, 15) is 4.79 Å². The molecule has 0 spiro atoms. The van der Waals surface area contributed by atoms with E-state index in [-0.39, 0.29) is 6.03 Å². The summed E-state index contributed by atoms with van der Waals surface area (Å²) in [4.78, 5) is 12.0. The van der Waals surface area contributed by atoms with Crippen molar-refractivity contribution >= 4 is 29.0 Å². The molecule has 8 heteroatoms. The number of hydrogen-bond acceptors (Lipinski definition) is 4. The van der Waals surface area contributed by atoms with Crippen molar-refractivity contribution in [1.82, 2.24) is 20.2 Å². The molecular weight excluding hydrogens is 304 g/mol. The second-order valence-electron chi connectivity index (χ2n) is 4.39. The van der Waals surface area contributed by atoms with Crippen LogP contribution in [0.4, 0.5) is 16.2 Å². The maximum Gasteiger partial charge on any atom is 0.323 e. The molecule has 0 atom stereocenters. The molecule has 0 saturated heterocycles. The van der Waals surface area contributed by atoms with E-state index in [4.69, 9.17) is 11.6 Å². The van der Waals surface area contributed by atoms with E-state index in [2.05, 4.69) is 26.2 Å². The molecule has 7 nitrogen and oxygen atoms in total. The van der Waals surface area contributed by atoms with Crippen molar-refractivity contribution in [1.29, 1.82) is 0 Å². The van der Waals surface area contributed by atoms with Crippen LogP contribution in [-0.4, -0.2) is 26.2 Å². The van der Waals surface area contributed by atoms with Crippen LogP contribution in [0.15, 0.2) is 54.9 Å². The minimum absolute atomic E-state index is 0.365. The fourth-order valence-corrected chi connectivity index (χ4v) is 2.06. The molecule has 3 aromatic rings. The molecule has 1 aromatic heterocycles. The molecular formula is C14H11ClN6O.